The Labute approximate surface area is 198 Å². The van der Waals surface area contributed by atoms with E-state index in [9.17, 15) is 9.32 Å². The van der Waals surface area contributed by atoms with E-state index in [2.05, 4.69) is 30.8 Å². The molecular formula is C23H22N6O4S. The van der Waals surface area contributed by atoms with Crippen LogP contribution in [-0.2, 0) is 20.9 Å². The second kappa shape index (κ2) is 8.93. The third kappa shape index (κ3) is 4.28. The van der Waals surface area contributed by atoms with Crippen LogP contribution in [0.25, 0.3) is 11.5 Å². The van der Waals surface area contributed by atoms with Crippen LogP contribution >= 0.6 is 0 Å². The minimum Gasteiger partial charge on any atom is -0.423 e. The van der Waals surface area contributed by atoms with Crippen LogP contribution in [0.1, 0.15) is 31.0 Å². The first kappa shape index (κ1) is 22.1. The number of fused-ring (bicyclic) bond motifs is 1. The van der Waals surface area contributed by atoms with E-state index in [1.165, 1.54) is 6.39 Å². The maximum Gasteiger partial charge on any atom is 0.252 e. The molecule has 2 atom stereocenters. The number of hydrogen-bond acceptors (Lipinski definition) is 10. The molecule has 2 aromatic carbocycles. The normalized spacial score (nSPS) is 17.2. The summed E-state index contributed by atoms with van der Waals surface area (Å²) in [5.74, 6) is 0.974. The average Bonchev–Trinajstić information content (AvgIpc) is 3.44. The van der Waals surface area contributed by atoms with Crippen molar-refractivity contribution in [1.82, 2.24) is 20.2 Å². The molecule has 0 spiro atoms. The van der Waals surface area contributed by atoms with E-state index < -0.39 is 22.7 Å². The van der Waals surface area contributed by atoms with Gasteiger partial charge in [0.15, 0.2) is 11.1 Å². The van der Waals surface area contributed by atoms with E-state index in [-0.39, 0.29) is 12.5 Å². The Hall–Kier alpha value is -3.67. The van der Waals surface area contributed by atoms with E-state index >= 15 is 0 Å². The number of aliphatic hydroxyl groups is 1. The Morgan fingerprint density at radius 3 is 2.74 bits per heavy atom. The predicted octanol–water partition coefficient (Wildman–Crippen LogP) is 3.70. The van der Waals surface area contributed by atoms with Crippen LogP contribution in [0.3, 0.4) is 0 Å². The summed E-state index contributed by atoms with van der Waals surface area (Å²) < 4.78 is 23.1. The highest BCUT2D eigenvalue weighted by Crippen LogP contribution is 2.40. The summed E-state index contributed by atoms with van der Waals surface area (Å²) in [4.78, 5) is 9.67. The number of nitrogens with zero attached hydrogens (tertiary/aromatic N) is 4. The fourth-order valence-corrected chi connectivity index (χ4v) is 4.94. The van der Waals surface area contributed by atoms with Crippen molar-refractivity contribution in [2.45, 2.75) is 30.4 Å². The zero-order valence-electron chi connectivity index (χ0n) is 18.4. The molecule has 2 aromatic heterocycles. The van der Waals surface area contributed by atoms with Gasteiger partial charge in [0.1, 0.15) is 11.4 Å². The maximum atomic E-state index is 12.2. The van der Waals surface area contributed by atoms with Crippen molar-refractivity contribution in [2.75, 3.05) is 17.2 Å². The standard InChI is InChI=1S/C23H22N6O4S/c1-23(2)17-10-15(8-9-19(17)34(31)33-23)26-22-24-11-16(21-29-25-13-32-21)20(28-22)27-18(12-30)14-6-4-3-5-7-14/h3-11,13,18,30H,12H2,1-2H3,(H2,24,26,27,28)/t18-,34?/m1/s1. The molecule has 3 heterocycles. The molecule has 1 unspecified atom stereocenters. The minimum atomic E-state index is -1.49. The van der Waals surface area contributed by atoms with Crippen LogP contribution < -0.4 is 10.6 Å². The molecule has 0 amide bonds. The van der Waals surface area contributed by atoms with Gasteiger partial charge in [-0.15, -0.1) is 10.2 Å². The van der Waals surface area contributed by atoms with Crippen molar-refractivity contribution in [3.8, 4) is 11.5 Å². The van der Waals surface area contributed by atoms with Gasteiger partial charge < -0.3 is 20.2 Å². The Balaban J connectivity index is 1.48. The van der Waals surface area contributed by atoms with Gasteiger partial charge in [0.05, 0.1) is 23.1 Å². The van der Waals surface area contributed by atoms with Gasteiger partial charge in [0.2, 0.25) is 12.3 Å². The van der Waals surface area contributed by atoms with Gasteiger partial charge in [0.25, 0.3) is 5.89 Å². The van der Waals surface area contributed by atoms with E-state index in [0.717, 1.165) is 11.1 Å². The lowest BCUT2D eigenvalue weighted by molar-refractivity contribution is 0.142. The molecule has 0 saturated heterocycles. The highest BCUT2D eigenvalue weighted by atomic mass is 32.2. The summed E-state index contributed by atoms with van der Waals surface area (Å²) in [5, 5.41) is 24.2. The topological polar surface area (TPSA) is 135 Å². The Morgan fingerprint density at radius 2 is 2.00 bits per heavy atom. The van der Waals surface area contributed by atoms with Gasteiger partial charge in [-0.1, -0.05) is 30.3 Å². The summed E-state index contributed by atoms with van der Waals surface area (Å²) >= 11 is -1.49. The van der Waals surface area contributed by atoms with Crippen LogP contribution in [0.5, 0.6) is 0 Å². The largest absolute Gasteiger partial charge is 0.423 e. The number of rotatable bonds is 7. The highest BCUT2D eigenvalue weighted by molar-refractivity contribution is 7.80. The maximum absolute atomic E-state index is 12.2. The number of benzene rings is 2. The van der Waals surface area contributed by atoms with Gasteiger partial charge in [0, 0.05) is 17.4 Å². The average molecular weight is 479 g/mol. The van der Waals surface area contributed by atoms with E-state index in [1.54, 1.807) is 18.3 Å². The Bertz CT molecular complexity index is 1330. The van der Waals surface area contributed by atoms with Crippen molar-refractivity contribution in [3.63, 3.8) is 0 Å². The van der Waals surface area contributed by atoms with Crippen molar-refractivity contribution in [1.29, 1.82) is 0 Å². The lowest BCUT2D eigenvalue weighted by atomic mass is 9.98. The smallest absolute Gasteiger partial charge is 0.252 e. The molecule has 34 heavy (non-hydrogen) atoms. The quantitative estimate of drug-likeness (QED) is 0.361. The number of hydrogen-bond donors (Lipinski definition) is 3. The van der Waals surface area contributed by atoms with Crippen LogP contribution in [0.15, 0.2) is 70.4 Å². The molecule has 10 nitrogen and oxygen atoms in total. The molecular weight excluding hydrogens is 456 g/mol. The first-order valence-corrected chi connectivity index (χ1v) is 11.6. The molecule has 0 radical (unpaired) electrons. The molecule has 3 N–H and O–H groups in total. The monoisotopic (exact) mass is 478 g/mol. The van der Waals surface area contributed by atoms with Crippen LogP contribution in [0, 0.1) is 0 Å². The molecule has 11 heteroatoms. The van der Waals surface area contributed by atoms with Gasteiger partial charge in [-0.2, -0.15) is 4.98 Å². The number of nitrogens with one attached hydrogen (secondary N) is 2. The molecule has 174 valence electrons. The molecule has 0 bridgehead atoms. The fraction of sp³-hybridized carbons (Fsp3) is 0.217. The first-order chi connectivity index (χ1) is 16.4. The Kier molecular flexibility index (Phi) is 5.82. The first-order valence-electron chi connectivity index (χ1n) is 10.5. The summed E-state index contributed by atoms with van der Waals surface area (Å²) in [6.45, 7) is 3.59. The molecule has 0 saturated carbocycles. The summed E-state index contributed by atoms with van der Waals surface area (Å²) in [5.41, 5.74) is 2.27. The molecule has 1 aliphatic rings. The van der Waals surface area contributed by atoms with Crippen molar-refractivity contribution in [2.24, 2.45) is 0 Å². The molecule has 5 rings (SSSR count). The van der Waals surface area contributed by atoms with Crippen LogP contribution in [0.2, 0.25) is 0 Å². The number of anilines is 3. The predicted molar refractivity (Wildman–Crippen MR) is 125 cm³/mol. The van der Waals surface area contributed by atoms with Gasteiger partial charge in [-0.25, -0.2) is 9.19 Å². The highest BCUT2D eigenvalue weighted by Gasteiger charge is 2.36. The second-order valence-electron chi connectivity index (χ2n) is 8.15. The zero-order chi connectivity index (χ0) is 23.7. The van der Waals surface area contributed by atoms with Gasteiger partial charge >= 0.3 is 0 Å². The molecule has 0 aliphatic carbocycles. The van der Waals surface area contributed by atoms with E-state index in [1.807, 2.05) is 50.2 Å². The third-order valence-electron chi connectivity index (χ3n) is 5.42. The van der Waals surface area contributed by atoms with Crippen molar-refractivity contribution >= 4 is 28.5 Å². The molecule has 1 aliphatic heterocycles. The van der Waals surface area contributed by atoms with E-state index in [0.29, 0.717) is 27.9 Å². The lowest BCUT2D eigenvalue weighted by Gasteiger charge is -2.19. The molecule has 0 fully saturated rings. The van der Waals surface area contributed by atoms with Crippen LogP contribution in [0.4, 0.5) is 17.5 Å². The second-order valence-corrected chi connectivity index (χ2v) is 9.23. The Morgan fingerprint density at radius 1 is 1.18 bits per heavy atom. The minimum absolute atomic E-state index is 0.156. The van der Waals surface area contributed by atoms with Crippen molar-refractivity contribution in [3.05, 3.63) is 72.2 Å². The van der Waals surface area contributed by atoms with E-state index in [4.69, 9.17) is 8.60 Å². The number of aliphatic hydroxyl groups excluding tert-OH is 1. The van der Waals surface area contributed by atoms with Gasteiger partial charge in [-0.3, -0.25) is 4.18 Å². The van der Waals surface area contributed by atoms with Gasteiger partial charge in [-0.05, 0) is 37.6 Å². The summed E-state index contributed by atoms with van der Waals surface area (Å²) in [7, 11) is 0. The fourth-order valence-electron chi connectivity index (χ4n) is 3.72. The zero-order valence-corrected chi connectivity index (χ0v) is 19.2. The third-order valence-corrected chi connectivity index (χ3v) is 6.71. The molecule has 4 aromatic rings. The SMILES string of the molecule is CC1(C)OS(=O)c2ccc(Nc3ncc(-c4nnco4)c(N[C@H](CO)c4ccccc4)n3)cc21. The van der Waals surface area contributed by atoms with Crippen molar-refractivity contribution < 1.29 is 17.9 Å². The summed E-state index contributed by atoms with van der Waals surface area (Å²) in [6, 6.07) is 14.6. The number of aromatic nitrogens is 4. The lowest BCUT2D eigenvalue weighted by Crippen LogP contribution is -2.17. The summed E-state index contributed by atoms with van der Waals surface area (Å²) in [6.07, 6.45) is 2.80. The van der Waals surface area contributed by atoms with Crippen LogP contribution in [-0.4, -0.2) is 36.1 Å².